The van der Waals surface area contributed by atoms with Gasteiger partial charge in [0.05, 0.1) is 11.9 Å². The first-order chi connectivity index (χ1) is 14.4. The number of H-pyrrole nitrogens is 1. The Hall–Kier alpha value is -2.51. The van der Waals surface area contributed by atoms with Crippen molar-refractivity contribution in [3.05, 3.63) is 46.8 Å². The SMILES string of the molecule is C[C@@H]1C[C@H](N(C)c2ncnc3[nH]ccc23)CN(C(=O)CNc2cc(Cl)cc(Cl)c2)C1. The maximum Gasteiger partial charge on any atom is 0.241 e. The number of carbonyl (C=O) groups excluding carboxylic acids is 1. The zero-order valence-corrected chi connectivity index (χ0v) is 18.4. The molecule has 1 saturated heterocycles. The molecule has 1 aromatic carbocycles. The fraction of sp³-hybridized carbons (Fsp3) is 0.381. The predicted molar refractivity (Wildman–Crippen MR) is 121 cm³/mol. The van der Waals surface area contributed by atoms with Crippen LogP contribution in [0.15, 0.2) is 36.8 Å². The van der Waals surface area contributed by atoms with E-state index in [1.807, 2.05) is 24.2 Å². The topological polar surface area (TPSA) is 77.2 Å². The Morgan fingerprint density at radius 3 is 2.80 bits per heavy atom. The average Bonchev–Trinajstić information content (AvgIpc) is 3.19. The molecule has 2 N–H and O–H groups in total. The van der Waals surface area contributed by atoms with Crippen molar-refractivity contribution in [1.29, 1.82) is 0 Å². The van der Waals surface area contributed by atoms with Crippen LogP contribution in [0.2, 0.25) is 10.0 Å². The van der Waals surface area contributed by atoms with E-state index in [0.29, 0.717) is 22.5 Å². The molecule has 0 aliphatic carbocycles. The van der Waals surface area contributed by atoms with E-state index in [9.17, 15) is 4.79 Å². The van der Waals surface area contributed by atoms with Crippen LogP contribution in [0.25, 0.3) is 11.0 Å². The second-order valence-corrected chi connectivity index (χ2v) is 8.73. The number of likely N-dealkylation sites (tertiary alicyclic amines) is 1. The number of hydrogen-bond acceptors (Lipinski definition) is 5. The van der Waals surface area contributed by atoms with Crippen LogP contribution in [-0.4, -0.2) is 58.5 Å². The third-order valence-electron chi connectivity index (χ3n) is 5.51. The lowest BCUT2D eigenvalue weighted by Gasteiger charge is -2.41. The van der Waals surface area contributed by atoms with Crippen molar-refractivity contribution < 1.29 is 4.79 Å². The molecular weight excluding hydrogens is 423 g/mol. The Morgan fingerprint density at radius 1 is 1.27 bits per heavy atom. The highest BCUT2D eigenvalue weighted by atomic mass is 35.5. The van der Waals surface area contributed by atoms with E-state index in [2.05, 4.69) is 32.1 Å². The van der Waals surface area contributed by atoms with Crippen LogP contribution >= 0.6 is 23.2 Å². The predicted octanol–water partition coefficient (Wildman–Crippen LogP) is 4.05. The number of piperidine rings is 1. The van der Waals surface area contributed by atoms with Gasteiger partial charge in [-0.3, -0.25) is 4.79 Å². The standard InChI is InChI=1S/C21H24Cl2N6O/c1-13-5-17(28(2)21-18-3-4-24-20(18)26-12-27-21)11-29(10-13)19(30)9-25-16-7-14(22)6-15(23)8-16/h3-4,6-8,12-13,17,25H,5,9-11H2,1-2H3,(H,24,26,27)/t13-,17+/m1/s1. The summed E-state index contributed by atoms with van der Waals surface area (Å²) in [5, 5.41) is 5.19. The van der Waals surface area contributed by atoms with Crippen LogP contribution in [-0.2, 0) is 4.79 Å². The summed E-state index contributed by atoms with van der Waals surface area (Å²) in [5.74, 6) is 1.31. The van der Waals surface area contributed by atoms with Gasteiger partial charge in [0.2, 0.25) is 5.91 Å². The lowest BCUT2D eigenvalue weighted by Crippen LogP contribution is -2.52. The van der Waals surface area contributed by atoms with Gasteiger partial charge in [0, 0.05) is 48.1 Å². The number of aromatic nitrogens is 3. The van der Waals surface area contributed by atoms with Crippen LogP contribution < -0.4 is 10.2 Å². The number of carbonyl (C=O) groups is 1. The van der Waals surface area contributed by atoms with Crippen LogP contribution in [0.3, 0.4) is 0 Å². The fourth-order valence-electron chi connectivity index (χ4n) is 4.06. The summed E-state index contributed by atoms with van der Waals surface area (Å²) in [5.41, 5.74) is 1.54. The smallest absolute Gasteiger partial charge is 0.241 e. The molecule has 1 aliphatic heterocycles. The third-order valence-corrected chi connectivity index (χ3v) is 5.95. The highest BCUT2D eigenvalue weighted by Gasteiger charge is 2.31. The molecule has 3 heterocycles. The number of rotatable bonds is 5. The molecule has 1 fully saturated rings. The molecule has 9 heteroatoms. The molecule has 0 bridgehead atoms. The van der Waals surface area contributed by atoms with Gasteiger partial charge in [0.25, 0.3) is 0 Å². The summed E-state index contributed by atoms with van der Waals surface area (Å²) >= 11 is 12.1. The van der Waals surface area contributed by atoms with Crippen molar-refractivity contribution in [2.45, 2.75) is 19.4 Å². The molecule has 4 rings (SSSR count). The van der Waals surface area contributed by atoms with E-state index < -0.39 is 0 Å². The Kier molecular flexibility index (Phi) is 6.01. The third kappa shape index (κ3) is 4.47. The maximum atomic E-state index is 12.9. The van der Waals surface area contributed by atoms with Gasteiger partial charge in [0.1, 0.15) is 17.8 Å². The molecule has 2 aromatic heterocycles. The lowest BCUT2D eigenvalue weighted by molar-refractivity contribution is -0.131. The van der Waals surface area contributed by atoms with Crippen LogP contribution in [0.4, 0.5) is 11.5 Å². The average molecular weight is 447 g/mol. The van der Waals surface area contributed by atoms with E-state index >= 15 is 0 Å². The van der Waals surface area contributed by atoms with E-state index in [1.54, 1.807) is 24.5 Å². The first kappa shape index (κ1) is 20.8. The monoisotopic (exact) mass is 446 g/mol. The van der Waals surface area contributed by atoms with Crippen LogP contribution in [0, 0.1) is 5.92 Å². The molecule has 30 heavy (non-hydrogen) atoms. The Morgan fingerprint density at radius 2 is 2.03 bits per heavy atom. The maximum absolute atomic E-state index is 12.9. The number of aromatic amines is 1. The number of nitrogens with one attached hydrogen (secondary N) is 2. The molecule has 0 radical (unpaired) electrons. The van der Waals surface area contributed by atoms with E-state index in [-0.39, 0.29) is 18.5 Å². The first-order valence-electron chi connectivity index (χ1n) is 9.89. The van der Waals surface area contributed by atoms with Gasteiger partial charge in [-0.05, 0) is 36.6 Å². The van der Waals surface area contributed by atoms with Gasteiger partial charge in [-0.25, -0.2) is 9.97 Å². The number of halogens is 2. The molecule has 0 spiro atoms. The molecule has 0 unspecified atom stereocenters. The zero-order chi connectivity index (χ0) is 21.3. The number of likely N-dealkylation sites (N-methyl/N-ethyl adjacent to an activating group) is 1. The van der Waals surface area contributed by atoms with Crippen molar-refractivity contribution >= 4 is 51.6 Å². The molecule has 1 aliphatic rings. The minimum atomic E-state index is 0.0468. The second kappa shape index (κ2) is 8.70. The summed E-state index contributed by atoms with van der Waals surface area (Å²) < 4.78 is 0. The number of nitrogens with zero attached hydrogens (tertiary/aromatic N) is 4. The summed E-state index contributed by atoms with van der Waals surface area (Å²) in [6.07, 6.45) is 4.43. The van der Waals surface area contributed by atoms with E-state index in [0.717, 1.165) is 35.5 Å². The number of benzene rings is 1. The minimum Gasteiger partial charge on any atom is -0.376 e. The number of fused-ring (bicyclic) bond motifs is 1. The number of hydrogen-bond donors (Lipinski definition) is 2. The molecule has 7 nitrogen and oxygen atoms in total. The Bertz CT molecular complexity index is 1030. The molecule has 158 valence electrons. The highest BCUT2D eigenvalue weighted by Crippen LogP contribution is 2.28. The van der Waals surface area contributed by atoms with E-state index in [4.69, 9.17) is 23.2 Å². The Labute approximate surface area is 185 Å². The van der Waals surface area contributed by atoms with Crippen LogP contribution in [0.1, 0.15) is 13.3 Å². The molecular formula is C21H24Cl2N6O. The van der Waals surface area contributed by atoms with Crippen molar-refractivity contribution in [3.8, 4) is 0 Å². The molecule has 3 aromatic rings. The Balaban J connectivity index is 1.44. The van der Waals surface area contributed by atoms with Gasteiger partial charge in [-0.1, -0.05) is 30.1 Å². The minimum absolute atomic E-state index is 0.0468. The zero-order valence-electron chi connectivity index (χ0n) is 16.9. The summed E-state index contributed by atoms with van der Waals surface area (Å²) in [6, 6.07) is 7.33. The summed E-state index contributed by atoms with van der Waals surface area (Å²) in [6.45, 7) is 3.75. The van der Waals surface area contributed by atoms with Gasteiger partial charge in [0.15, 0.2) is 0 Å². The quantitative estimate of drug-likeness (QED) is 0.617. The lowest BCUT2D eigenvalue weighted by atomic mass is 9.94. The highest BCUT2D eigenvalue weighted by molar-refractivity contribution is 6.35. The van der Waals surface area contributed by atoms with E-state index in [1.165, 1.54) is 0 Å². The first-order valence-corrected chi connectivity index (χ1v) is 10.6. The van der Waals surface area contributed by atoms with Gasteiger partial charge < -0.3 is 20.1 Å². The van der Waals surface area contributed by atoms with Crippen molar-refractivity contribution in [2.75, 3.05) is 36.9 Å². The normalized spacial score (nSPS) is 19.1. The fourth-order valence-corrected chi connectivity index (χ4v) is 4.59. The van der Waals surface area contributed by atoms with Gasteiger partial charge in [-0.15, -0.1) is 0 Å². The van der Waals surface area contributed by atoms with Crippen molar-refractivity contribution in [1.82, 2.24) is 19.9 Å². The number of amides is 1. The van der Waals surface area contributed by atoms with Crippen LogP contribution in [0.5, 0.6) is 0 Å². The summed E-state index contributed by atoms with van der Waals surface area (Å²) in [4.78, 5) is 28.9. The second-order valence-electron chi connectivity index (χ2n) is 7.85. The van der Waals surface area contributed by atoms with Crippen molar-refractivity contribution in [3.63, 3.8) is 0 Å². The largest absolute Gasteiger partial charge is 0.376 e. The molecule has 2 atom stereocenters. The summed E-state index contributed by atoms with van der Waals surface area (Å²) in [7, 11) is 2.03. The number of anilines is 2. The van der Waals surface area contributed by atoms with Gasteiger partial charge >= 0.3 is 0 Å². The molecule has 1 amide bonds. The molecule has 0 saturated carbocycles. The van der Waals surface area contributed by atoms with Crippen molar-refractivity contribution in [2.24, 2.45) is 5.92 Å². The van der Waals surface area contributed by atoms with Gasteiger partial charge in [-0.2, -0.15) is 0 Å².